The van der Waals surface area contributed by atoms with Gasteiger partial charge in [-0.3, -0.25) is 18.9 Å². The van der Waals surface area contributed by atoms with Gasteiger partial charge in [0.25, 0.3) is 11.7 Å². The normalized spacial score (nSPS) is 19.9. The van der Waals surface area contributed by atoms with Gasteiger partial charge in [-0.25, -0.2) is 4.98 Å². The monoisotopic (exact) mass is 520 g/mol. The number of morpholine rings is 1. The van der Waals surface area contributed by atoms with Gasteiger partial charge in [-0.05, 0) is 43.2 Å². The molecule has 10 heteroatoms. The second kappa shape index (κ2) is 10.8. The lowest BCUT2D eigenvalue weighted by Crippen LogP contribution is -2.39. The van der Waals surface area contributed by atoms with Crippen LogP contribution in [0.15, 0.2) is 48.2 Å². The Balaban J connectivity index is 1.58. The summed E-state index contributed by atoms with van der Waals surface area (Å²) in [5.41, 5.74) is 2.24. The topological polar surface area (TPSA) is 106 Å². The van der Waals surface area contributed by atoms with Gasteiger partial charge >= 0.3 is 0 Å². The summed E-state index contributed by atoms with van der Waals surface area (Å²) in [6, 6.07) is 9.97. The van der Waals surface area contributed by atoms with Crippen LogP contribution < -0.4 is 9.47 Å². The fourth-order valence-corrected chi connectivity index (χ4v) is 5.30. The molecule has 2 saturated heterocycles. The summed E-state index contributed by atoms with van der Waals surface area (Å²) in [7, 11) is 3.07. The van der Waals surface area contributed by atoms with Crippen molar-refractivity contribution < 1.29 is 28.9 Å². The molecule has 4 heterocycles. The molecule has 0 spiro atoms. The van der Waals surface area contributed by atoms with E-state index in [1.807, 2.05) is 18.2 Å². The number of imidazole rings is 1. The summed E-state index contributed by atoms with van der Waals surface area (Å²) in [6.45, 7) is 5.95. The predicted octanol–water partition coefficient (Wildman–Crippen LogP) is 2.80. The maximum absolute atomic E-state index is 13.5. The van der Waals surface area contributed by atoms with Crippen molar-refractivity contribution in [1.82, 2.24) is 19.2 Å². The molecule has 0 saturated carbocycles. The number of aliphatic hydroxyl groups is 1. The highest BCUT2D eigenvalue weighted by atomic mass is 16.5. The Hall–Kier alpha value is -3.89. The first-order valence-corrected chi connectivity index (χ1v) is 12.7. The molecule has 1 N–H and O–H groups in total. The number of methoxy groups -OCH3 is 2. The minimum atomic E-state index is -0.798. The largest absolute Gasteiger partial charge is 0.505 e. The second-order valence-electron chi connectivity index (χ2n) is 9.39. The van der Waals surface area contributed by atoms with E-state index in [0.29, 0.717) is 60.3 Å². The number of ether oxygens (including phenoxy) is 3. The Morgan fingerprint density at radius 2 is 1.84 bits per heavy atom. The van der Waals surface area contributed by atoms with Crippen LogP contribution in [0.4, 0.5) is 0 Å². The zero-order chi connectivity index (χ0) is 26.8. The van der Waals surface area contributed by atoms with Crippen LogP contribution in [0.3, 0.4) is 0 Å². The van der Waals surface area contributed by atoms with Crippen LogP contribution in [0, 0.1) is 6.92 Å². The van der Waals surface area contributed by atoms with Crippen LogP contribution >= 0.6 is 0 Å². The fraction of sp³-hybridized carbons (Fsp3) is 0.393. The summed E-state index contributed by atoms with van der Waals surface area (Å²) in [4.78, 5) is 35.3. The number of ketones is 1. The average Bonchev–Trinajstić information content (AvgIpc) is 3.41. The van der Waals surface area contributed by atoms with Crippen LogP contribution in [0.2, 0.25) is 0 Å². The van der Waals surface area contributed by atoms with Crippen LogP contribution in [-0.2, 0) is 14.3 Å². The molecule has 2 aliphatic heterocycles. The Kier molecular flexibility index (Phi) is 7.35. The van der Waals surface area contributed by atoms with Gasteiger partial charge < -0.3 is 24.2 Å². The maximum atomic E-state index is 13.5. The Morgan fingerprint density at radius 3 is 2.58 bits per heavy atom. The summed E-state index contributed by atoms with van der Waals surface area (Å²) < 4.78 is 18.0. The molecule has 0 radical (unpaired) electrons. The molecule has 0 aliphatic carbocycles. The van der Waals surface area contributed by atoms with Gasteiger partial charge in [-0.2, -0.15) is 0 Å². The van der Waals surface area contributed by atoms with Gasteiger partial charge in [-0.15, -0.1) is 0 Å². The van der Waals surface area contributed by atoms with E-state index in [9.17, 15) is 14.7 Å². The third-order valence-electron chi connectivity index (χ3n) is 7.17. The van der Waals surface area contributed by atoms with Crippen molar-refractivity contribution in [1.29, 1.82) is 0 Å². The van der Waals surface area contributed by atoms with E-state index < -0.39 is 17.7 Å². The Labute approximate surface area is 221 Å². The molecule has 1 amide bonds. The molecule has 0 bridgehead atoms. The van der Waals surface area contributed by atoms with E-state index in [4.69, 9.17) is 14.2 Å². The zero-order valence-electron chi connectivity index (χ0n) is 21.8. The number of hydrogen-bond acceptors (Lipinski definition) is 8. The molecule has 1 atom stereocenters. The van der Waals surface area contributed by atoms with E-state index in [1.54, 1.807) is 47.7 Å². The second-order valence-corrected chi connectivity index (χ2v) is 9.39. The number of rotatable bonds is 8. The molecule has 10 nitrogen and oxygen atoms in total. The number of likely N-dealkylation sites (tertiary alicyclic amines) is 1. The van der Waals surface area contributed by atoms with Crippen LogP contribution in [0.1, 0.15) is 29.4 Å². The first kappa shape index (κ1) is 25.7. The SMILES string of the molecule is COc1ccc([C@H]2C(=C(O)c3c(C)nc4ccccn34)C(=O)C(=O)N2CCCN2CCOCC2)cc1OC. The molecule has 3 aromatic rings. The van der Waals surface area contributed by atoms with Gasteiger partial charge in [0.2, 0.25) is 0 Å². The van der Waals surface area contributed by atoms with Crippen molar-refractivity contribution >= 4 is 23.1 Å². The number of pyridine rings is 1. The van der Waals surface area contributed by atoms with Crippen LogP contribution in [0.25, 0.3) is 11.4 Å². The summed E-state index contributed by atoms with van der Waals surface area (Å²) in [6.07, 6.45) is 2.44. The molecule has 0 unspecified atom stereocenters. The fourth-order valence-electron chi connectivity index (χ4n) is 5.30. The first-order valence-electron chi connectivity index (χ1n) is 12.7. The lowest BCUT2D eigenvalue weighted by molar-refractivity contribution is -0.140. The Morgan fingerprint density at radius 1 is 1.08 bits per heavy atom. The molecule has 2 fully saturated rings. The number of carbonyl (C=O) groups is 2. The summed E-state index contributed by atoms with van der Waals surface area (Å²) in [5.74, 6) is -0.623. The van der Waals surface area contributed by atoms with Gasteiger partial charge in [0, 0.05) is 32.4 Å². The number of fused-ring (bicyclic) bond motifs is 1. The predicted molar refractivity (Wildman–Crippen MR) is 140 cm³/mol. The molecular weight excluding hydrogens is 488 g/mol. The van der Waals surface area contributed by atoms with Crippen LogP contribution in [-0.4, -0.2) is 89.6 Å². The molecule has 5 rings (SSSR count). The maximum Gasteiger partial charge on any atom is 0.295 e. The van der Waals surface area contributed by atoms with Crippen molar-refractivity contribution in [2.24, 2.45) is 0 Å². The molecule has 2 aliphatic rings. The minimum Gasteiger partial charge on any atom is -0.505 e. The first-order chi connectivity index (χ1) is 18.4. The molecular formula is C28H32N4O6. The Bertz CT molecular complexity index is 1390. The third-order valence-corrected chi connectivity index (χ3v) is 7.17. The van der Waals surface area contributed by atoms with E-state index in [2.05, 4.69) is 9.88 Å². The number of carbonyl (C=O) groups excluding carboxylic acids is 2. The van der Waals surface area contributed by atoms with E-state index in [-0.39, 0.29) is 11.3 Å². The molecule has 2 aromatic heterocycles. The van der Waals surface area contributed by atoms with Gasteiger partial charge in [0.05, 0.1) is 44.7 Å². The van der Waals surface area contributed by atoms with E-state index in [0.717, 1.165) is 19.6 Å². The van der Waals surface area contributed by atoms with Crippen molar-refractivity contribution in [3.05, 3.63) is 65.1 Å². The number of nitrogens with zero attached hydrogens (tertiary/aromatic N) is 4. The number of aryl methyl sites for hydroxylation is 1. The average molecular weight is 521 g/mol. The summed E-state index contributed by atoms with van der Waals surface area (Å²) in [5, 5.41) is 11.6. The number of benzene rings is 1. The van der Waals surface area contributed by atoms with Crippen LogP contribution in [0.5, 0.6) is 11.5 Å². The highest BCUT2D eigenvalue weighted by Crippen LogP contribution is 2.42. The van der Waals surface area contributed by atoms with Crippen molar-refractivity contribution in [2.75, 3.05) is 53.6 Å². The van der Waals surface area contributed by atoms with E-state index >= 15 is 0 Å². The lowest BCUT2D eigenvalue weighted by atomic mass is 9.95. The highest BCUT2D eigenvalue weighted by molar-refractivity contribution is 6.46. The number of amides is 1. The number of hydrogen-bond donors (Lipinski definition) is 1. The molecule has 200 valence electrons. The lowest BCUT2D eigenvalue weighted by Gasteiger charge is -2.29. The van der Waals surface area contributed by atoms with Crippen molar-refractivity contribution in [2.45, 2.75) is 19.4 Å². The van der Waals surface area contributed by atoms with Gasteiger partial charge in [-0.1, -0.05) is 12.1 Å². The number of Topliss-reactive ketones (excluding diaryl/α,β-unsaturated/α-hetero) is 1. The molecule has 38 heavy (non-hydrogen) atoms. The number of aliphatic hydroxyl groups excluding tert-OH is 1. The number of aromatic nitrogens is 2. The third kappa shape index (κ3) is 4.61. The standard InChI is InChI=1S/C28H32N4O6/c1-18-24(31-11-5-4-7-22(31)29-18)26(33)23-25(19-8-9-20(36-2)21(17-19)37-3)32(28(35)27(23)34)12-6-10-30-13-15-38-16-14-30/h4-5,7-9,11,17,25,33H,6,10,12-16H2,1-3H3/t25-/m0/s1. The quantitative estimate of drug-likeness (QED) is 0.275. The van der Waals surface area contributed by atoms with Crippen molar-refractivity contribution in [3.8, 4) is 11.5 Å². The summed E-state index contributed by atoms with van der Waals surface area (Å²) >= 11 is 0. The molecule has 1 aromatic carbocycles. The van der Waals surface area contributed by atoms with Gasteiger partial charge in [0.1, 0.15) is 11.3 Å². The van der Waals surface area contributed by atoms with E-state index in [1.165, 1.54) is 7.11 Å². The highest BCUT2D eigenvalue weighted by Gasteiger charge is 2.46. The minimum absolute atomic E-state index is 0.0299. The van der Waals surface area contributed by atoms with Crippen molar-refractivity contribution in [3.63, 3.8) is 0 Å². The smallest absolute Gasteiger partial charge is 0.295 e. The zero-order valence-corrected chi connectivity index (χ0v) is 21.8. The van der Waals surface area contributed by atoms with Gasteiger partial charge in [0.15, 0.2) is 17.3 Å².